The van der Waals surface area contributed by atoms with Gasteiger partial charge < -0.3 is 14.8 Å². The molecular formula is C10H17NO2S. The van der Waals surface area contributed by atoms with Crippen molar-refractivity contribution in [3.8, 4) is 0 Å². The van der Waals surface area contributed by atoms with Crippen LogP contribution in [0.3, 0.4) is 0 Å². The summed E-state index contributed by atoms with van der Waals surface area (Å²) in [6, 6.07) is 2.24. The van der Waals surface area contributed by atoms with Crippen molar-refractivity contribution in [3.05, 3.63) is 21.9 Å². The van der Waals surface area contributed by atoms with Gasteiger partial charge in [-0.05, 0) is 31.0 Å². The molecule has 0 aliphatic heterocycles. The van der Waals surface area contributed by atoms with Gasteiger partial charge in [0.25, 0.3) is 0 Å². The number of nitrogens with one attached hydrogen (secondary N) is 1. The fourth-order valence-corrected chi connectivity index (χ4v) is 2.20. The Morgan fingerprint density at radius 3 is 2.36 bits per heavy atom. The van der Waals surface area contributed by atoms with E-state index in [9.17, 15) is 0 Å². The van der Waals surface area contributed by atoms with Gasteiger partial charge in [0, 0.05) is 19.1 Å². The Balaban J connectivity index is 2.80. The third kappa shape index (κ3) is 2.54. The molecule has 4 heteroatoms. The number of likely N-dealkylation sites (N-methyl/N-ethyl adjacent to an activating group) is 1. The summed E-state index contributed by atoms with van der Waals surface area (Å²) in [5, 5.41) is 5.32. The average molecular weight is 215 g/mol. The number of ether oxygens (including phenoxy) is 2. The van der Waals surface area contributed by atoms with Crippen molar-refractivity contribution in [1.29, 1.82) is 0 Å². The second-order valence-corrected chi connectivity index (χ2v) is 4.21. The fourth-order valence-electron chi connectivity index (χ4n) is 1.46. The molecule has 0 aromatic carbocycles. The van der Waals surface area contributed by atoms with E-state index in [-0.39, 0.29) is 12.3 Å². The number of hydrogen-bond donors (Lipinski definition) is 1. The van der Waals surface area contributed by atoms with E-state index in [0.717, 1.165) is 0 Å². The van der Waals surface area contributed by atoms with Crippen LogP contribution in [0.2, 0.25) is 0 Å². The summed E-state index contributed by atoms with van der Waals surface area (Å²) < 4.78 is 10.5. The molecule has 1 rings (SSSR count). The van der Waals surface area contributed by atoms with Gasteiger partial charge in [-0.1, -0.05) is 0 Å². The molecule has 0 aliphatic rings. The van der Waals surface area contributed by atoms with E-state index in [1.54, 1.807) is 25.6 Å². The number of hydrogen-bond acceptors (Lipinski definition) is 4. The smallest absolute Gasteiger partial charge is 0.176 e. The molecule has 0 aliphatic carbocycles. The highest BCUT2D eigenvalue weighted by molar-refractivity contribution is 7.10. The summed E-state index contributed by atoms with van der Waals surface area (Å²) in [5.41, 5.74) is 1.21. The van der Waals surface area contributed by atoms with Gasteiger partial charge in [0.05, 0.1) is 6.04 Å². The Hall–Kier alpha value is -0.420. The van der Waals surface area contributed by atoms with E-state index >= 15 is 0 Å². The van der Waals surface area contributed by atoms with Crippen molar-refractivity contribution in [3.63, 3.8) is 0 Å². The van der Waals surface area contributed by atoms with Crippen LogP contribution in [0.15, 0.2) is 11.4 Å². The van der Waals surface area contributed by atoms with Gasteiger partial charge in [0.15, 0.2) is 6.29 Å². The van der Waals surface area contributed by atoms with Crippen LogP contribution >= 0.6 is 11.3 Å². The van der Waals surface area contributed by atoms with Crippen molar-refractivity contribution in [2.45, 2.75) is 19.3 Å². The molecule has 1 N–H and O–H groups in total. The predicted molar refractivity (Wildman–Crippen MR) is 58.7 cm³/mol. The lowest BCUT2D eigenvalue weighted by atomic mass is 10.1. The maximum atomic E-state index is 5.24. The summed E-state index contributed by atoms with van der Waals surface area (Å²) in [4.78, 5) is 1.30. The van der Waals surface area contributed by atoms with Crippen molar-refractivity contribution < 1.29 is 9.47 Å². The molecule has 1 aromatic rings. The summed E-state index contributed by atoms with van der Waals surface area (Å²) in [6.07, 6.45) is -0.242. The zero-order chi connectivity index (χ0) is 10.6. The zero-order valence-corrected chi connectivity index (χ0v) is 9.85. The SMILES string of the molecule is CNC(c1csc(C)c1)C(OC)OC. The molecule has 0 amide bonds. The van der Waals surface area contributed by atoms with Gasteiger partial charge in [-0.2, -0.15) is 0 Å². The topological polar surface area (TPSA) is 30.5 Å². The standard InChI is InChI=1S/C10H17NO2S/c1-7-5-8(6-14-7)9(11-2)10(12-3)13-4/h5-6,9-11H,1-4H3. The number of rotatable bonds is 5. The van der Waals surface area contributed by atoms with Crippen LogP contribution in [-0.2, 0) is 9.47 Å². The molecule has 1 atom stereocenters. The first-order valence-electron chi connectivity index (χ1n) is 4.50. The molecule has 0 spiro atoms. The van der Waals surface area contributed by atoms with E-state index in [0.29, 0.717) is 0 Å². The van der Waals surface area contributed by atoms with E-state index in [1.807, 2.05) is 7.05 Å². The summed E-state index contributed by atoms with van der Waals surface area (Å²) in [6.45, 7) is 2.09. The Morgan fingerprint density at radius 2 is 2.00 bits per heavy atom. The van der Waals surface area contributed by atoms with Crippen LogP contribution in [0.1, 0.15) is 16.5 Å². The van der Waals surface area contributed by atoms with Crippen LogP contribution in [0.25, 0.3) is 0 Å². The average Bonchev–Trinajstić information content (AvgIpc) is 2.60. The molecule has 80 valence electrons. The molecule has 14 heavy (non-hydrogen) atoms. The van der Waals surface area contributed by atoms with E-state index < -0.39 is 0 Å². The fraction of sp³-hybridized carbons (Fsp3) is 0.600. The van der Waals surface area contributed by atoms with Crippen LogP contribution in [0.5, 0.6) is 0 Å². The minimum Gasteiger partial charge on any atom is -0.354 e. The van der Waals surface area contributed by atoms with Crippen molar-refractivity contribution in [2.24, 2.45) is 0 Å². The van der Waals surface area contributed by atoms with Crippen LogP contribution < -0.4 is 5.32 Å². The molecule has 0 saturated carbocycles. The van der Waals surface area contributed by atoms with Gasteiger partial charge in [-0.3, -0.25) is 0 Å². The Morgan fingerprint density at radius 1 is 1.36 bits per heavy atom. The van der Waals surface area contributed by atoms with Crippen molar-refractivity contribution in [1.82, 2.24) is 5.32 Å². The minimum atomic E-state index is -0.242. The van der Waals surface area contributed by atoms with Gasteiger partial charge in [-0.25, -0.2) is 0 Å². The largest absolute Gasteiger partial charge is 0.354 e. The first-order valence-corrected chi connectivity index (χ1v) is 5.38. The highest BCUT2D eigenvalue weighted by Gasteiger charge is 2.21. The molecule has 1 aromatic heterocycles. The maximum Gasteiger partial charge on any atom is 0.176 e. The van der Waals surface area contributed by atoms with Crippen LogP contribution in [0.4, 0.5) is 0 Å². The summed E-state index contributed by atoms with van der Waals surface area (Å²) in [7, 11) is 5.21. The number of aryl methyl sites for hydroxylation is 1. The highest BCUT2D eigenvalue weighted by Crippen LogP contribution is 2.24. The molecule has 0 fully saturated rings. The van der Waals surface area contributed by atoms with E-state index in [2.05, 4.69) is 23.7 Å². The van der Waals surface area contributed by atoms with Crippen LogP contribution in [-0.4, -0.2) is 27.6 Å². The summed E-state index contributed by atoms with van der Waals surface area (Å²) >= 11 is 1.74. The second kappa shape index (κ2) is 5.46. The maximum absolute atomic E-state index is 5.24. The summed E-state index contributed by atoms with van der Waals surface area (Å²) in [5.74, 6) is 0. The van der Waals surface area contributed by atoms with Crippen molar-refractivity contribution >= 4 is 11.3 Å². The van der Waals surface area contributed by atoms with E-state index in [1.165, 1.54) is 10.4 Å². The normalized spacial score (nSPS) is 13.5. The molecule has 0 radical (unpaired) electrons. The lowest BCUT2D eigenvalue weighted by Gasteiger charge is -2.23. The Bertz CT molecular complexity index is 271. The molecule has 3 nitrogen and oxygen atoms in total. The zero-order valence-electron chi connectivity index (χ0n) is 9.03. The number of thiophene rings is 1. The lowest BCUT2D eigenvalue weighted by Crippen LogP contribution is -2.32. The predicted octanol–water partition coefficient (Wildman–Crippen LogP) is 1.94. The third-order valence-electron chi connectivity index (χ3n) is 2.16. The van der Waals surface area contributed by atoms with Gasteiger partial charge in [-0.15, -0.1) is 11.3 Å². The molecule has 0 bridgehead atoms. The Kier molecular flexibility index (Phi) is 4.54. The second-order valence-electron chi connectivity index (χ2n) is 3.10. The first-order chi connectivity index (χ1) is 6.72. The van der Waals surface area contributed by atoms with Gasteiger partial charge >= 0.3 is 0 Å². The van der Waals surface area contributed by atoms with E-state index in [4.69, 9.17) is 9.47 Å². The monoisotopic (exact) mass is 215 g/mol. The Labute approximate surface area is 89.0 Å². The third-order valence-corrected chi connectivity index (χ3v) is 3.04. The molecule has 0 saturated heterocycles. The van der Waals surface area contributed by atoms with Crippen LogP contribution in [0, 0.1) is 6.92 Å². The van der Waals surface area contributed by atoms with Gasteiger partial charge in [0.1, 0.15) is 0 Å². The molecular weight excluding hydrogens is 198 g/mol. The first kappa shape index (κ1) is 11.7. The van der Waals surface area contributed by atoms with Crippen molar-refractivity contribution in [2.75, 3.05) is 21.3 Å². The highest BCUT2D eigenvalue weighted by atomic mass is 32.1. The minimum absolute atomic E-state index is 0.0925. The lowest BCUT2D eigenvalue weighted by molar-refractivity contribution is -0.122. The quantitative estimate of drug-likeness (QED) is 0.761. The molecule has 1 heterocycles. The van der Waals surface area contributed by atoms with Gasteiger partial charge in [0.2, 0.25) is 0 Å². The molecule has 1 unspecified atom stereocenters. The number of methoxy groups -OCH3 is 2.